The summed E-state index contributed by atoms with van der Waals surface area (Å²) in [5.41, 5.74) is 7.22. The van der Waals surface area contributed by atoms with Gasteiger partial charge in [0.2, 0.25) is 0 Å². The normalized spacial score (nSPS) is 15.1. The fraction of sp³-hybridized carbons (Fsp3) is 0.615. The molecular weight excluding hydrogens is 198 g/mol. The minimum atomic E-state index is 0.249. The predicted octanol–water partition coefficient (Wildman–Crippen LogP) is 1.89. The van der Waals surface area contributed by atoms with Crippen molar-refractivity contribution in [1.82, 2.24) is 9.88 Å². The van der Waals surface area contributed by atoms with Crippen molar-refractivity contribution in [2.75, 3.05) is 13.6 Å². The van der Waals surface area contributed by atoms with E-state index in [1.807, 2.05) is 24.4 Å². The van der Waals surface area contributed by atoms with Crippen LogP contribution in [-0.4, -0.2) is 29.5 Å². The van der Waals surface area contributed by atoms with E-state index < -0.39 is 0 Å². The molecule has 0 spiro atoms. The van der Waals surface area contributed by atoms with E-state index in [4.69, 9.17) is 5.73 Å². The number of likely N-dealkylation sites (N-methyl/N-ethyl adjacent to an activating group) is 1. The lowest BCUT2D eigenvalue weighted by Gasteiger charge is -2.24. The number of rotatable bonds is 6. The van der Waals surface area contributed by atoms with E-state index in [1.54, 1.807) is 0 Å². The summed E-state index contributed by atoms with van der Waals surface area (Å²) in [6.45, 7) is 6.18. The van der Waals surface area contributed by atoms with E-state index in [2.05, 4.69) is 30.8 Å². The van der Waals surface area contributed by atoms with Gasteiger partial charge in [0, 0.05) is 25.3 Å². The molecule has 0 aliphatic heterocycles. The van der Waals surface area contributed by atoms with Crippen molar-refractivity contribution in [3.8, 4) is 0 Å². The van der Waals surface area contributed by atoms with Crippen molar-refractivity contribution in [2.45, 2.75) is 32.9 Å². The maximum atomic E-state index is 6.12. The maximum Gasteiger partial charge on any atom is 0.0543 e. The molecule has 2 unspecified atom stereocenters. The van der Waals surface area contributed by atoms with E-state index in [-0.39, 0.29) is 6.04 Å². The third-order valence-electron chi connectivity index (χ3n) is 3.06. The molecule has 90 valence electrons. The van der Waals surface area contributed by atoms with E-state index in [0.717, 1.165) is 25.2 Å². The van der Waals surface area contributed by atoms with E-state index >= 15 is 0 Å². The first-order valence-corrected chi connectivity index (χ1v) is 5.97. The Morgan fingerprint density at radius 1 is 1.44 bits per heavy atom. The second-order valence-electron chi connectivity index (χ2n) is 4.57. The van der Waals surface area contributed by atoms with E-state index in [9.17, 15) is 0 Å². The van der Waals surface area contributed by atoms with Crippen molar-refractivity contribution in [3.05, 3.63) is 30.1 Å². The Hall–Kier alpha value is -0.930. The molecule has 0 radical (unpaired) electrons. The molecule has 0 fully saturated rings. The number of hydrogen-bond donors (Lipinski definition) is 1. The molecule has 1 aromatic rings. The summed E-state index contributed by atoms with van der Waals surface area (Å²) in [6, 6.07) is 6.25. The van der Waals surface area contributed by atoms with Gasteiger partial charge in [-0.1, -0.05) is 26.3 Å². The molecule has 3 heteroatoms. The smallest absolute Gasteiger partial charge is 0.0543 e. The van der Waals surface area contributed by atoms with Crippen LogP contribution in [0.25, 0.3) is 0 Å². The van der Waals surface area contributed by atoms with Gasteiger partial charge in [0.15, 0.2) is 0 Å². The average Bonchev–Trinajstić information content (AvgIpc) is 2.29. The lowest BCUT2D eigenvalue weighted by atomic mass is 10.00. The van der Waals surface area contributed by atoms with Gasteiger partial charge in [-0.25, -0.2) is 0 Å². The Bertz CT molecular complexity index is 286. The zero-order valence-electron chi connectivity index (χ0n) is 10.6. The van der Waals surface area contributed by atoms with Gasteiger partial charge in [-0.2, -0.15) is 0 Å². The zero-order valence-corrected chi connectivity index (χ0v) is 10.6. The Labute approximate surface area is 98.7 Å². The average molecular weight is 221 g/mol. The van der Waals surface area contributed by atoms with Crippen molar-refractivity contribution >= 4 is 0 Å². The van der Waals surface area contributed by atoms with Crippen LogP contribution >= 0.6 is 0 Å². The van der Waals surface area contributed by atoms with Crippen LogP contribution in [-0.2, 0) is 6.54 Å². The monoisotopic (exact) mass is 221 g/mol. The molecule has 1 aromatic heterocycles. The van der Waals surface area contributed by atoms with Gasteiger partial charge in [0.1, 0.15) is 0 Å². The van der Waals surface area contributed by atoms with Crippen LogP contribution in [0.2, 0.25) is 0 Å². The Morgan fingerprint density at radius 2 is 2.19 bits per heavy atom. The van der Waals surface area contributed by atoms with Gasteiger partial charge >= 0.3 is 0 Å². The first kappa shape index (κ1) is 13.1. The molecule has 0 bridgehead atoms. The molecule has 0 saturated carbocycles. The highest BCUT2D eigenvalue weighted by Gasteiger charge is 2.13. The molecule has 0 aromatic carbocycles. The third kappa shape index (κ3) is 4.29. The fourth-order valence-corrected chi connectivity index (χ4v) is 1.68. The van der Waals surface area contributed by atoms with Crippen LogP contribution in [0.5, 0.6) is 0 Å². The van der Waals surface area contributed by atoms with Gasteiger partial charge in [0.25, 0.3) is 0 Å². The van der Waals surface area contributed by atoms with Crippen molar-refractivity contribution in [2.24, 2.45) is 11.7 Å². The quantitative estimate of drug-likeness (QED) is 0.797. The van der Waals surface area contributed by atoms with Crippen LogP contribution in [0.4, 0.5) is 0 Å². The first-order valence-electron chi connectivity index (χ1n) is 5.97. The number of nitrogens with zero attached hydrogens (tertiary/aromatic N) is 2. The molecule has 0 saturated heterocycles. The standard InChI is InChI=1S/C13H23N3/c1-4-11(2)13(14)10-16(3)9-12-7-5-6-8-15-12/h5-8,11,13H,4,9-10,14H2,1-3H3. The highest BCUT2D eigenvalue weighted by atomic mass is 15.1. The summed E-state index contributed by atoms with van der Waals surface area (Å²) in [7, 11) is 2.09. The molecule has 0 amide bonds. The molecule has 2 atom stereocenters. The summed E-state index contributed by atoms with van der Waals surface area (Å²) in [4.78, 5) is 6.54. The highest BCUT2D eigenvalue weighted by Crippen LogP contribution is 2.07. The van der Waals surface area contributed by atoms with Crippen LogP contribution in [0.3, 0.4) is 0 Å². The topological polar surface area (TPSA) is 42.1 Å². The summed E-state index contributed by atoms with van der Waals surface area (Å²) < 4.78 is 0. The minimum absolute atomic E-state index is 0.249. The summed E-state index contributed by atoms with van der Waals surface area (Å²) in [5.74, 6) is 0.575. The minimum Gasteiger partial charge on any atom is -0.326 e. The maximum absolute atomic E-state index is 6.12. The van der Waals surface area contributed by atoms with Crippen LogP contribution in [0.15, 0.2) is 24.4 Å². The van der Waals surface area contributed by atoms with Gasteiger partial charge < -0.3 is 5.73 Å². The Morgan fingerprint density at radius 3 is 2.75 bits per heavy atom. The molecule has 16 heavy (non-hydrogen) atoms. The molecule has 2 N–H and O–H groups in total. The lowest BCUT2D eigenvalue weighted by Crippen LogP contribution is -2.39. The summed E-state index contributed by atoms with van der Waals surface area (Å²) in [5, 5.41) is 0. The largest absolute Gasteiger partial charge is 0.326 e. The van der Waals surface area contributed by atoms with Gasteiger partial charge in [-0.15, -0.1) is 0 Å². The van der Waals surface area contributed by atoms with Gasteiger partial charge in [-0.05, 0) is 25.1 Å². The van der Waals surface area contributed by atoms with Crippen molar-refractivity contribution in [1.29, 1.82) is 0 Å². The van der Waals surface area contributed by atoms with Gasteiger partial charge in [-0.3, -0.25) is 9.88 Å². The molecule has 1 rings (SSSR count). The fourth-order valence-electron chi connectivity index (χ4n) is 1.68. The summed E-state index contributed by atoms with van der Waals surface area (Å²) >= 11 is 0. The van der Waals surface area contributed by atoms with Crippen LogP contribution in [0.1, 0.15) is 26.0 Å². The Balaban J connectivity index is 2.39. The number of hydrogen-bond acceptors (Lipinski definition) is 3. The number of pyridine rings is 1. The van der Waals surface area contributed by atoms with E-state index in [1.165, 1.54) is 0 Å². The molecular formula is C13H23N3. The second kappa shape index (κ2) is 6.61. The molecule has 1 heterocycles. The van der Waals surface area contributed by atoms with Crippen LogP contribution in [0, 0.1) is 5.92 Å². The van der Waals surface area contributed by atoms with Crippen LogP contribution < -0.4 is 5.73 Å². The summed E-state index contributed by atoms with van der Waals surface area (Å²) in [6.07, 6.45) is 2.97. The van der Waals surface area contributed by atoms with Gasteiger partial charge in [0.05, 0.1) is 5.69 Å². The SMILES string of the molecule is CCC(C)C(N)CN(C)Cc1ccccn1. The highest BCUT2D eigenvalue weighted by molar-refractivity contribution is 5.03. The predicted molar refractivity (Wildman–Crippen MR) is 68.0 cm³/mol. The molecule has 0 aliphatic rings. The first-order chi connectivity index (χ1) is 7.63. The van der Waals surface area contributed by atoms with Crippen molar-refractivity contribution in [3.63, 3.8) is 0 Å². The second-order valence-corrected chi connectivity index (χ2v) is 4.57. The van der Waals surface area contributed by atoms with Crippen molar-refractivity contribution < 1.29 is 0 Å². The third-order valence-corrected chi connectivity index (χ3v) is 3.06. The molecule has 3 nitrogen and oxygen atoms in total. The number of nitrogens with two attached hydrogens (primary N) is 1. The zero-order chi connectivity index (χ0) is 12.0. The molecule has 0 aliphatic carbocycles. The number of aromatic nitrogens is 1. The van der Waals surface area contributed by atoms with E-state index in [0.29, 0.717) is 5.92 Å². The lowest BCUT2D eigenvalue weighted by molar-refractivity contribution is 0.265. The Kier molecular flexibility index (Phi) is 5.43.